The molecule has 0 aliphatic heterocycles. The van der Waals surface area contributed by atoms with Crippen LogP contribution in [-0.4, -0.2) is 39.3 Å². The minimum Gasteiger partial charge on any atom is -0.366 e. The smallest absolute Gasteiger partial charge is 0.240 e. The monoisotopic (exact) mass is 399 g/mol. The van der Waals surface area contributed by atoms with Crippen molar-refractivity contribution >= 4 is 20.8 Å². The SMILES string of the molecule is COC(Cc1ccccc1)NCC(C)NS(=O)(=O)c1ccc2cnccc2c1. The van der Waals surface area contributed by atoms with Gasteiger partial charge in [0.05, 0.1) is 4.90 Å². The summed E-state index contributed by atoms with van der Waals surface area (Å²) in [5.74, 6) is 0. The fourth-order valence-corrected chi connectivity index (χ4v) is 4.26. The van der Waals surface area contributed by atoms with Crippen LogP contribution >= 0.6 is 0 Å². The van der Waals surface area contributed by atoms with Crippen LogP contribution < -0.4 is 10.0 Å². The van der Waals surface area contributed by atoms with E-state index in [1.54, 1.807) is 43.8 Å². The van der Waals surface area contributed by atoms with Gasteiger partial charge in [0.1, 0.15) is 6.23 Å². The summed E-state index contributed by atoms with van der Waals surface area (Å²) >= 11 is 0. The predicted molar refractivity (Wildman–Crippen MR) is 110 cm³/mol. The van der Waals surface area contributed by atoms with Gasteiger partial charge in [0.2, 0.25) is 10.0 Å². The van der Waals surface area contributed by atoms with Crippen LogP contribution in [-0.2, 0) is 21.2 Å². The molecule has 2 unspecified atom stereocenters. The normalized spacial score (nSPS) is 14.1. The Morgan fingerprint density at radius 1 is 1.07 bits per heavy atom. The highest BCUT2D eigenvalue weighted by Crippen LogP contribution is 2.18. The van der Waals surface area contributed by atoms with Crippen molar-refractivity contribution in [2.45, 2.75) is 30.5 Å². The Hall–Kier alpha value is -2.32. The maximum atomic E-state index is 12.7. The quantitative estimate of drug-likeness (QED) is 0.541. The zero-order valence-electron chi connectivity index (χ0n) is 16.0. The van der Waals surface area contributed by atoms with Crippen molar-refractivity contribution in [2.75, 3.05) is 13.7 Å². The van der Waals surface area contributed by atoms with E-state index in [2.05, 4.69) is 15.0 Å². The fourth-order valence-electron chi connectivity index (χ4n) is 2.98. The number of hydrogen-bond acceptors (Lipinski definition) is 5. The van der Waals surface area contributed by atoms with E-state index in [9.17, 15) is 8.42 Å². The van der Waals surface area contributed by atoms with Crippen LogP contribution in [0.2, 0.25) is 0 Å². The molecule has 0 radical (unpaired) electrons. The van der Waals surface area contributed by atoms with E-state index < -0.39 is 10.0 Å². The van der Waals surface area contributed by atoms with Gasteiger partial charge in [-0.2, -0.15) is 0 Å². The number of nitrogens with one attached hydrogen (secondary N) is 2. The maximum absolute atomic E-state index is 12.7. The summed E-state index contributed by atoms with van der Waals surface area (Å²) in [5.41, 5.74) is 1.15. The van der Waals surface area contributed by atoms with Gasteiger partial charge in [-0.3, -0.25) is 10.3 Å². The number of benzene rings is 2. The second-order valence-corrected chi connectivity index (χ2v) is 8.44. The first kappa shape index (κ1) is 20.4. The second kappa shape index (κ2) is 9.25. The predicted octanol–water partition coefficient (Wildman–Crippen LogP) is 2.71. The van der Waals surface area contributed by atoms with Crippen molar-refractivity contribution in [1.29, 1.82) is 0 Å². The Morgan fingerprint density at radius 2 is 1.86 bits per heavy atom. The van der Waals surface area contributed by atoms with Crippen molar-refractivity contribution in [3.63, 3.8) is 0 Å². The molecule has 0 aliphatic carbocycles. The molecule has 0 bridgehead atoms. The Morgan fingerprint density at radius 3 is 2.61 bits per heavy atom. The first-order valence-electron chi connectivity index (χ1n) is 9.14. The van der Waals surface area contributed by atoms with E-state index in [4.69, 9.17) is 4.74 Å². The van der Waals surface area contributed by atoms with Crippen molar-refractivity contribution in [2.24, 2.45) is 0 Å². The van der Waals surface area contributed by atoms with E-state index in [1.165, 1.54) is 0 Å². The van der Waals surface area contributed by atoms with Gasteiger partial charge in [-0.25, -0.2) is 13.1 Å². The lowest BCUT2D eigenvalue weighted by Gasteiger charge is -2.21. The Labute approximate surface area is 166 Å². The van der Waals surface area contributed by atoms with Crippen LogP contribution in [0.3, 0.4) is 0 Å². The molecular formula is C21H25N3O3S. The van der Waals surface area contributed by atoms with E-state index in [0.29, 0.717) is 13.0 Å². The molecule has 3 aromatic rings. The number of aromatic nitrogens is 1. The van der Waals surface area contributed by atoms with Gasteiger partial charge >= 0.3 is 0 Å². The minimum absolute atomic E-state index is 0.192. The number of hydrogen-bond donors (Lipinski definition) is 2. The molecule has 2 atom stereocenters. The molecule has 2 N–H and O–H groups in total. The lowest BCUT2D eigenvalue weighted by Crippen LogP contribution is -2.44. The summed E-state index contributed by atoms with van der Waals surface area (Å²) in [6.45, 7) is 2.27. The highest BCUT2D eigenvalue weighted by Gasteiger charge is 2.18. The average Bonchev–Trinajstić information content (AvgIpc) is 2.71. The molecule has 7 heteroatoms. The summed E-state index contributed by atoms with van der Waals surface area (Å²) in [5, 5.41) is 5.01. The first-order chi connectivity index (χ1) is 13.5. The highest BCUT2D eigenvalue weighted by atomic mass is 32.2. The molecule has 0 saturated carbocycles. The van der Waals surface area contributed by atoms with Gasteiger partial charge in [0, 0.05) is 43.9 Å². The average molecular weight is 400 g/mol. The number of rotatable bonds is 9. The largest absolute Gasteiger partial charge is 0.366 e. The number of fused-ring (bicyclic) bond motifs is 1. The summed E-state index contributed by atoms with van der Waals surface area (Å²) in [6, 6.07) is 16.5. The Kier molecular flexibility index (Phi) is 6.74. The second-order valence-electron chi connectivity index (χ2n) is 6.73. The number of sulfonamides is 1. The molecule has 0 amide bonds. The third-order valence-corrected chi connectivity index (χ3v) is 6.07. The van der Waals surface area contributed by atoms with Crippen LogP contribution in [0, 0.1) is 0 Å². The third-order valence-electron chi connectivity index (χ3n) is 4.48. The molecule has 0 fully saturated rings. The fraction of sp³-hybridized carbons (Fsp3) is 0.286. The van der Waals surface area contributed by atoms with Crippen molar-refractivity contribution in [1.82, 2.24) is 15.0 Å². The lowest BCUT2D eigenvalue weighted by atomic mass is 10.1. The molecule has 28 heavy (non-hydrogen) atoms. The van der Waals surface area contributed by atoms with E-state index in [0.717, 1.165) is 16.3 Å². The Balaban J connectivity index is 1.60. The van der Waals surface area contributed by atoms with E-state index >= 15 is 0 Å². The molecule has 6 nitrogen and oxygen atoms in total. The van der Waals surface area contributed by atoms with Crippen molar-refractivity contribution in [3.8, 4) is 0 Å². The highest BCUT2D eigenvalue weighted by molar-refractivity contribution is 7.89. The topological polar surface area (TPSA) is 80.3 Å². The zero-order chi connectivity index (χ0) is 20.0. The standard InChI is InChI=1S/C21H25N3O3S/c1-16(14-23-21(27-2)12-17-6-4-3-5-7-17)24-28(25,26)20-9-8-19-15-22-11-10-18(19)13-20/h3-11,13,15-16,21,23-24H,12,14H2,1-2H3. The minimum atomic E-state index is -3.62. The summed E-state index contributed by atoms with van der Waals surface area (Å²) in [7, 11) is -1.98. The molecule has 1 aromatic heterocycles. The van der Waals surface area contributed by atoms with E-state index in [1.807, 2.05) is 37.3 Å². The van der Waals surface area contributed by atoms with Gasteiger partial charge in [-0.1, -0.05) is 36.4 Å². The zero-order valence-corrected chi connectivity index (χ0v) is 16.8. The molecule has 0 saturated heterocycles. The molecule has 148 valence electrons. The summed E-state index contributed by atoms with van der Waals surface area (Å²) in [6.07, 6.45) is 3.87. The van der Waals surface area contributed by atoms with Crippen LogP contribution in [0.15, 0.2) is 71.9 Å². The van der Waals surface area contributed by atoms with Gasteiger partial charge < -0.3 is 4.74 Å². The van der Waals surface area contributed by atoms with Gasteiger partial charge in [0.25, 0.3) is 0 Å². The van der Waals surface area contributed by atoms with Crippen LogP contribution in [0.4, 0.5) is 0 Å². The van der Waals surface area contributed by atoms with Crippen LogP contribution in [0.1, 0.15) is 12.5 Å². The summed E-state index contributed by atoms with van der Waals surface area (Å²) in [4.78, 5) is 4.29. The summed E-state index contributed by atoms with van der Waals surface area (Å²) < 4.78 is 33.6. The number of nitrogens with zero attached hydrogens (tertiary/aromatic N) is 1. The first-order valence-corrected chi connectivity index (χ1v) is 10.6. The molecule has 1 heterocycles. The van der Waals surface area contributed by atoms with Crippen molar-refractivity contribution in [3.05, 3.63) is 72.6 Å². The Bertz CT molecular complexity index is 1010. The molecule has 3 rings (SSSR count). The third kappa shape index (κ3) is 5.36. The molecule has 0 aliphatic rings. The van der Waals surface area contributed by atoms with Gasteiger partial charge in [0.15, 0.2) is 0 Å². The number of pyridine rings is 1. The van der Waals surface area contributed by atoms with Gasteiger partial charge in [-0.05, 0) is 36.1 Å². The molecule has 0 spiro atoms. The van der Waals surface area contributed by atoms with Gasteiger partial charge in [-0.15, -0.1) is 0 Å². The van der Waals surface area contributed by atoms with Crippen molar-refractivity contribution < 1.29 is 13.2 Å². The van der Waals surface area contributed by atoms with Crippen LogP contribution in [0.25, 0.3) is 10.8 Å². The maximum Gasteiger partial charge on any atom is 0.240 e. The lowest BCUT2D eigenvalue weighted by molar-refractivity contribution is 0.0730. The molecule has 2 aromatic carbocycles. The number of methoxy groups -OCH3 is 1. The van der Waals surface area contributed by atoms with Crippen LogP contribution in [0.5, 0.6) is 0 Å². The number of ether oxygens (including phenoxy) is 1. The van der Waals surface area contributed by atoms with E-state index in [-0.39, 0.29) is 17.2 Å². The molecular weight excluding hydrogens is 374 g/mol.